The Morgan fingerprint density at radius 3 is 2.88 bits per heavy atom. The van der Waals surface area contributed by atoms with Crippen LogP contribution in [0.4, 0.5) is 5.82 Å². The van der Waals surface area contributed by atoms with E-state index >= 15 is 0 Å². The van der Waals surface area contributed by atoms with Crippen LogP contribution in [0.15, 0.2) is 12.3 Å². The first-order chi connectivity index (χ1) is 8.06. The molecule has 0 fully saturated rings. The second-order valence-electron chi connectivity index (χ2n) is 4.15. The molecule has 0 spiro atoms. The number of anilines is 1. The second kappa shape index (κ2) is 5.85. The molecule has 0 bridgehead atoms. The minimum Gasteiger partial charge on any atom is -0.396 e. The maximum Gasteiger partial charge on any atom is 0.146 e. The molecular weight excluding hydrogens is 238 g/mol. The lowest BCUT2D eigenvalue weighted by atomic mass is 9.95. The lowest BCUT2D eigenvalue weighted by Gasteiger charge is -2.30. The summed E-state index contributed by atoms with van der Waals surface area (Å²) in [6.45, 7) is 4.10. The van der Waals surface area contributed by atoms with Gasteiger partial charge in [-0.1, -0.05) is 18.5 Å². The maximum absolute atomic E-state index is 9.04. The Bertz CT molecular complexity index is 430. The van der Waals surface area contributed by atoms with Crippen molar-refractivity contribution in [1.29, 1.82) is 5.26 Å². The van der Waals surface area contributed by atoms with Crippen LogP contribution in [0.3, 0.4) is 0 Å². The quantitative estimate of drug-likeness (QED) is 0.846. The average molecular weight is 254 g/mol. The predicted octanol–water partition coefficient (Wildman–Crippen LogP) is 2.57. The van der Waals surface area contributed by atoms with Crippen LogP contribution in [-0.4, -0.2) is 22.2 Å². The number of hydrogen-bond donors (Lipinski definition) is 2. The molecule has 17 heavy (non-hydrogen) atoms. The smallest absolute Gasteiger partial charge is 0.146 e. The zero-order valence-electron chi connectivity index (χ0n) is 10.00. The number of aliphatic hydroxyl groups is 1. The lowest BCUT2D eigenvalue weighted by molar-refractivity contribution is 0.252. The van der Waals surface area contributed by atoms with E-state index in [1.807, 2.05) is 19.9 Å². The number of halogens is 1. The molecule has 1 aromatic rings. The normalized spacial score (nSPS) is 13.8. The molecule has 0 aliphatic rings. The topological polar surface area (TPSA) is 68.9 Å². The van der Waals surface area contributed by atoms with Gasteiger partial charge in [-0.25, -0.2) is 4.98 Å². The molecule has 0 aliphatic heterocycles. The van der Waals surface area contributed by atoms with Crippen LogP contribution in [0, 0.1) is 11.3 Å². The van der Waals surface area contributed by atoms with Crippen molar-refractivity contribution < 1.29 is 5.11 Å². The Morgan fingerprint density at radius 1 is 1.65 bits per heavy atom. The van der Waals surface area contributed by atoms with Gasteiger partial charge in [-0.05, 0) is 25.8 Å². The Hall–Kier alpha value is -1.31. The van der Waals surface area contributed by atoms with E-state index in [-0.39, 0.29) is 12.1 Å². The van der Waals surface area contributed by atoms with Gasteiger partial charge in [-0.2, -0.15) is 5.26 Å². The highest BCUT2D eigenvalue weighted by atomic mass is 35.5. The van der Waals surface area contributed by atoms with Gasteiger partial charge in [0, 0.05) is 18.3 Å². The number of hydrogen-bond acceptors (Lipinski definition) is 4. The van der Waals surface area contributed by atoms with Gasteiger partial charge in [0.15, 0.2) is 0 Å². The first-order valence-corrected chi connectivity index (χ1v) is 5.87. The summed E-state index contributed by atoms with van der Waals surface area (Å²) in [5.74, 6) is 0.489. The third kappa shape index (κ3) is 3.32. The van der Waals surface area contributed by atoms with Crippen molar-refractivity contribution in [2.75, 3.05) is 11.9 Å². The van der Waals surface area contributed by atoms with Gasteiger partial charge in [-0.15, -0.1) is 0 Å². The second-order valence-corrected chi connectivity index (χ2v) is 4.52. The molecule has 0 aliphatic carbocycles. The molecule has 0 aromatic carbocycles. The molecule has 0 saturated heterocycles. The van der Waals surface area contributed by atoms with Crippen molar-refractivity contribution in [3.63, 3.8) is 0 Å². The van der Waals surface area contributed by atoms with E-state index in [9.17, 15) is 0 Å². The van der Waals surface area contributed by atoms with Crippen LogP contribution >= 0.6 is 11.6 Å². The summed E-state index contributed by atoms with van der Waals surface area (Å²) in [5.41, 5.74) is 0.117. The third-order valence-corrected chi connectivity index (χ3v) is 3.26. The number of nitrogens with zero attached hydrogens (tertiary/aromatic N) is 2. The third-order valence-electron chi connectivity index (χ3n) is 2.87. The zero-order valence-corrected chi connectivity index (χ0v) is 10.8. The number of pyridine rings is 1. The van der Waals surface area contributed by atoms with Crippen LogP contribution in [0.25, 0.3) is 0 Å². The van der Waals surface area contributed by atoms with Crippen molar-refractivity contribution >= 4 is 17.4 Å². The molecule has 92 valence electrons. The van der Waals surface area contributed by atoms with Crippen molar-refractivity contribution in [2.24, 2.45) is 0 Å². The van der Waals surface area contributed by atoms with E-state index in [2.05, 4.69) is 10.3 Å². The highest BCUT2D eigenvalue weighted by Gasteiger charge is 2.23. The maximum atomic E-state index is 9.04. The predicted molar refractivity (Wildman–Crippen MR) is 68.0 cm³/mol. The van der Waals surface area contributed by atoms with Gasteiger partial charge in [-0.3, -0.25) is 0 Å². The fourth-order valence-electron chi connectivity index (χ4n) is 1.48. The van der Waals surface area contributed by atoms with E-state index < -0.39 is 0 Å². The monoisotopic (exact) mass is 253 g/mol. The summed E-state index contributed by atoms with van der Waals surface area (Å²) in [5, 5.41) is 21.4. The van der Waals surface area contributed by atoms with E-state index in [4.69, 9.17) is 22.0 Å². The molecule has 0 amide bonds. The Morgan fingerprint density at radius 2 is 2.35 bits per heavy atom. The average Bonchev–Trinajstić information content (AvgIpc) is 2.32. The largest absolute Gasteiger partial charge is 0.396 e. The summed E-state index contributed by atoms with van der Waals surface area (Å²) < 4.78 is 0. The van der Waals surface area contributed by atoms with Crippen molar-refractivity contribution in [1.82, 2.24) is 4.98 Å². The first-order valence-electron chi connectivity index (χ1n) is 5.50. The van der Waals surface area contributed by atoms with Crippen LogP contribution in [0.2, 0.25) is 5.02 Å². The molecule has 4 nitrogen and oxygen atoms in total. The molecule has 1 unspecified atom stereocenters. The molecule has 0 saturated carbocycles. The number of aliphatic hydroxyl groups excluding tert-OH is 1. The summed E-state index contributed by atoms with van der Waals surface area (Å²) >= 11 is 6.06. The van der Waals surface area contributed by atoms with Crippen molar-refractivity contribution in [2.45, 2.75) is 32.2 Å². The SMILES string of the molecule is CCC(C)(CCO)Nc1nccc(C#N)c1Cl. The minimum absolute atomic E-state index is 0.0902. The fourth-order valence-corrected chi connectivity index (χ4v) is 1.68. The van der Waals surface area contributed by atoms with Gasteiger partial charge in [0.1, 0.15) is 16.9 Å². The van der Waals surface area contributed by atoms with Gasteiger partial charge in [0.2, 0.25) is 0 Å². The number of nitriles is 1. The first kappa shape index (κ1) is 13.8. The number of aromatic nitrogens is 1. The molecule has 1 rings (SSSR count). The Balaban J connectivity index is 2.99. The minimum atomic E-state index is -0.278. The summed E-state index contributed by atoms with van der Waals surface area (Å²) in [6, 6.07) is 3.58. The van der Waals surface area contributed by atoms with Crippen LogP contribution in [0.5, 0.6) is 0 Å². The lowest BCUT2D eigenvalue weighted by Crippen LogP contribution is -2.35. The van der Waals surface area contributed by atoms with E-state index in [1.54, 1.807) is 12.3 Å². The molecule has 0 radical (unpaired) electrons. The number of nitrogens with one attached hydrogen (secondary N) is 1. The standard InChI is InChI=1S/C12H16ClN3O/c1-3-12(2,5-7-17)16-11-10(13)9(8-14)4-6-15-11/h4,6,17H,3,5,7H2,1-2H3,(H,15,16). The zero-order chi connectivity index (χ0) is 12.9. The highest BCUT2D eigenvalue weighted by Crippen LogP contribution is 2.28. The number of rotatable bonds is 5. The van der Waals surface area contributed by atoms with Gasteiger partial charge >= 0.3 is 0 Å². The fraction of sp³-hybridized carbons (Fsp3) is 0.500. The van der Waals surface area contributed by atoms with Crippen molar-refractivity contribution in [3.05, 3.63) is 22.8 Å². The summed E-state index contributed by atoms with van der Waals surface area (Å²) in [7, 11) is 0. The van der Waals surface area contributed by atoms with Crippen LogP contribution in [0.1, 0.15) is 32.3 Å². The molecule has 1 atom stereocenters. The van der Waals surface area contributed by atoms with E-state index in [0.29, 0.717) is 22.8 Å². The van der Waals surface area contributed by atoms with Gasteiger partial charge in [0.25, 0.3) is 0 Å². The van der Waals surface area contributed by atoms with E-state index in [1.165, 1.54) is 0 Å². The molecule has 5 heteroatoms. The Kier molecular flexibility index (Phi) is 4.73. The highest BCUT2D eigenvalue weighted by molar-refractivity contribution is 6.34. The Labute approximate surface area is 106 Å². The molecular formula is C12H16ClN3O. The van der Waals surface area contributed by atoms with Gasteiger partial charge in [0.05, 0.1) is 5.56 Å². The summed E-state index contributed by atoms with van der Waals surface area (Å²) in [6.07, 6.45) is 2.96. The molecule has 1 heterocycles. The van der Waals surface area contributed by atoms with Gasteiger partial charge < -0.3 is 10.4 Å². The molecule has 1 aromatic heterocycles. The van der Waals surface area contributed by atoms with Crippen LogP contribution in [-0.2, 0) is 0 Å². The summed E-state index contributed by atoms with van der Waals surface area (Å²) in [4.78, 5) is 4.13. The molecule has 2 N–H and O–H groups in total. The van der Waals surface area contributed by atoms with Crippen molar-refractivity contribution in [3.8, 4) is 6.07 Å². The van der Waals surface area contributed by atoms with Crippen LogP contribution < -0.4 is 5.32 Å². The van der Waals surface area contributed by atoms with E-state index in [0.717, 1.165) is 6.42 Å².